The Kier molecular flexibility index (Phi) is 13.0. The summed E-state index contributed by atoms with van der Waals surface area (Å²) >= 11 is 0. The lowest BCUT2D eigenvalue weighted by Crippen LogP contribution is -2.24. The van der Waals surface area contributed by atoms with Gasteiger partial charge < -0.3 is 47.4 Å². The lowest BCUT2D eigenvalue weighted by Gasteiger charge is -2.12. The van der Waals surface area contributed by atoms with E-state index in [4.69, 9.17) is 0 Å². The maximum absolute atomic E-state index is 13.5. The topological polar surface area (TPSA) is 242 Å². The molecule has 0 aliphatic heterocycles. The molecule has 0 spiro atoms. The average molecular weight is 892 g/mol. The van der Waals surface area contributed by atoms with Crippen molar-refractivity contribution in [2.24, 2.45) is 20.5 Å². The van der Waals surface area contributed by atoms with Gasteiger partial charge in [-0.2, -0.15) is 10.2 Å². The van der Waals surface area contributed by atoms with Gasteiger partial charge in [-0.05, 0) is 108 Å². The van der Waals surface area contributed by atoms with Crippen molar-refractivity contribution in [1.29, 1.82) is 0 Å². The number of carbonyl (C=O) groups is 4. The van der Waals surface area contributed by atoms with Gasteiger partial charge in [-0.15, -0.1) is 10.2 Å². The van der Waals surface area contributed by atoms with Crippen molar-refractivity contribution in [2.45, 2.75) is 0 Å². The number of nitrogens with zero attached hydrogens (tertiary/aromatic N) is 4. The number of phenolic OH excluding ortho intramolecular Hbond substituents is 2. The van der Waals surface area contributed by atoms with Crippen molar-refractivity contribution in [3.8, 4) is 11.5 Å². The van der Waals surface area contributed by atoms with Crippen LogP contribution in [-0.4, -0.2) is 48.2 Å². The molecule has 0 aromatic heterocycles. The monoisotopic (exact) mass is 891 g/mol. The third-order valence-electron chi connectivity index (χ3n) is 10.2. The Morgan fingerprint density at radius 2 is 0.776 bits per heavy atom. The molecule has 17 nitrogen and oxygen atoms in total. The van der Waals surface area contributed by atoms with Crippen LogP contribution in [0.15, 0.2) is 178 Å². The van der Waals surface area contributed by atoms with Gasteiger partial charge in [0.2, 0.25) is 0 Å². The third kappa shape index (κ3) is 10.4. The van der Waals surface area contributed by atoms with Crippen molar-refractivity contribution in [3.63, 3.8) is 0 Å². The standard InChI is InChI=1S/C50H41N11O6/c1-51-49(66)56-37-13-7-11-35(27-37)54-47(64)41-25-29-9-3-5-15-39(29)43(45(41)62)60-58-33-21-17-31(18-22-33)53-32-19-23-34(24-20-32)59-61-44-40-16-6-4-10-30(40)26-42(46(44)63)48(65)55-36-12-8-14-38(28-36)57-50(67)52-2/h3-28,53,62-63H,1-2H3,(H,54,64)(H,55,65)(H2,51,56,66)(H2,52,57,67). The van der Waals surface area contributed by atoms with E-state index >= 15 is 0 Å². The molecule has 8 aromatic rings. The van der Waals surface area contributed by atoms with E-state index in [1.165, 1.54) is 14.1 Å². The summed E-state index contributed by atoms with van der Waals surface area (Å²) in [6, 6.07) is 44.2. The second-order valence-corrected chi connectivity index (χ2v) is 14.8. The highest BCUT2D eigenvalue weighted by molar-refractivity contribution is 6.13. The van der Waals surface area contributed by atoms with E-state index in [1.807, 2.05) is 48.5 Å². The molecule has 8 rings (SSSR count). The molecule has 332 valence electrons. The number of amides is 6. The predicted molar refractivity (Wildman–Crippen MR) is 261 cm³/mol. The fourth-order valence-corrected chi connectivity index (χ4v) is 6.92. The summed E-state index contributed by atoms with van der Waals surface area (Å²) in [4.78, 5) is 50.5. The number of benzene rings is 8. The molecular weight excluding hydrogens is 851 g/mol. The molecule has 0 atom stereocenters. The van der Waals surface area contributed by atoms with E-state index in [0.29, 0.717) is 55.7 Å². The Hall–Kier alpha value is -9.64. The summed E-state index contributed by atoms with van der Waals surface area (Å²) in [5.74, 6) is -1.86. The number of hydrogen-bond acceptors (Lipinski definition) is 11. The molecule has 0 heterocycles. The van der Waals surface area contributed by atoms with Crippen LogP contribution >= 0.6 is 0 Å². The quantitative estimate of drug-likeness (QED) is 0.0537. The van der Waals surface area contributed by atoms with Crippen LogP contribution in [0.4, 0.5) is 66.5 Å². The number of rotatable bonds is 12. The van der Waals surface area contributed by atoms with Crippen molar-refractivity contribution in [3.05, 3.63) is 169 Å². The molecule has 17 heteroatoms. The maximum atomic E-state index is 13.5. The highest BCUT2D eigenvalue weighted by Crippen LogP contribution is 2.41. The van der Waals surface area contributed by atoms with Crippen LogP contribution in [0.3, 0.4) is 0 Å². The van der Waals surface area contributed by atoms with Crippen molar-refractivity contribution in [1.82, 2.24) is 10.6 Å². The number of aromatic hydroxyl groups is 2. The zero-order valence-electron chi connectivity index (χ0n) is 35.8. The first-order valence-corrected chi connectivity index (χ1v) is 20.7. The SMILES string of the molecule is CNC(=O)Nc1cccc(NC(=O)c2cc3ccccc3c(N=Nc3ccc(Nc4ccc(N=Nc5c(O)c(C(=O)Nc6cccc(NC(=O)NC)c6)cc6ccccc56)cc4)cc3)c2O)c1. The van der Waals surface area contributed by atoms with Gasteiger partial charge in [-0.25, -0.2) is 9.59 Å². The van der Waals surface area contributed by atoms with Gasteiger partial charge in [0.25, 0.3) is 11.8 Å². The van der Waals surface area contributed by atoms with Crippen LogP contribution < -0.4 is 37.2 Å². The molecule has 0 unspecified atom stereocenters. The molecule has 67 heavy (non-hydrogen) atoms. The molecule has 0 aliphatic rings. The Morgan fingerprint density at radius 1 is 0.403 bits per heavy atom. The second-order valence-electron chi connectivity index (χ2n) is 14.8. The number of hydrogen-bond donors (Lipinski definition) is 9. The first-order chi connectivity index (χ1) is 32.5. The molecule has 0 bridgehead atoms. The molecular formula is C50H41N11O6. The molecule has 8 aromatic carbocycles. The molecule has 0 saturated heterocycles. The minimum Gasteiger partial charge on any atom is -0.505 e. The van der Waals surface area contributed by atoms with E-state index in [2.05, 4.69) is 57.7 Å². The molecule has 9 N–H and O–H groups in total. The van der Waals surface area contributed by atoms with E-state index in [-0.39, 0.29) is 34.0 Å². The van der Waals surface area contributed by atoms with Gasteiger partial charge in [-0.1, -0.05) is 60.7 Å². The summed E-state index contributed by atoms with van der Waals surface area (Å²) in [5, 5.41) is 61.9. The first kappa shape index (κ1) is 44.0. The summed E-state index contributed by atoms with van der Waals surface area (Å²) in [5.41, 5.74) is 4.43. The largest absolute Gasteiger partial charge is 0.505 e. The van der Waals surface area contributed by atoms with E-state index < -0.39 is 23.9 Å². The number of fused-ring (bicyclic) bond motifs is 2. The van der Waals surface area contributed by atoms with E-state index in [1.54, 1.807) is 109 Å². The normalized spacial score (nSPS) is 11.1. The fraction of sp³-hybridized carbons (Fsp3) is 0.0400. The Labute approximate surface area is 382 Å². The number of azo groups is 2. The van der Waals surface area contributed by atoms with Gasteiger partial charge in [0.05, 0.1) is 22.5 Å². The van der Waals surface area contributed by atoms with Crippen LogP contribution in [0.2, 0.25) is 0 Å². The van der Waals surface area contributed by atoms with Crippen LogP contribution in [0, 0.1) is 0 Å². The van der Waals surface area contributed by atoms with Gasteiger partial charge in [0, 0.05) is 59.0 Å². The lowest BCUT2D eigenvalue weighted by atomic mass is 10.0. The molecule has 0 radical (unpaired) electrons. The van der Waals surface area contributed by atoms with Crippen molar-refractivity contribution in [2.75, 3.05) is 40.7 Å². The van der Waals surface area contributed by atoms with E-state index in [0.717, 1.165) is 11.4 Å². The smallest absolute Gasteiger partial charge is 0.318 e. The zero-order valence-corrected chi connectivity index (χ0v) is 35.8. The van der Waals surface area contributed by atoms with Crippen molar-refractivity contribution >= 4 is 102 Å². The third-order valence-corrected chi connectivity index (χ3v) is 10.2. The van der Waals surface area contributed by atoms with Crippen LogP contribution in [0.25, 0.3) is 21.5 Å². The number of carbonyl (C=O) groups excluding carboxylic acids is 4. The summed E-state index contributed by atoms with van der Waals surface area (Å²) in [6.07, 6.45) is 0. The average Bonchev–Trinajstić information content (AvgIpc) is 3.34. The Morgan fingerprint density at radius 3 is 1.16 bits per heavy atom. The number of anilines is 6. The minimum atomic E-state index is -0.582. The van der Waals surface area contributed by atoms with E-state index in [9.17, 15) is 29.4 Å². The first-order valence-electron chi connectivity index (χ1n) is 20.7. The van der Waals surface area contributed by atoms with Gasteiger partial charge in [0.1, 0.15) is 11.4 Å². The maximum Gasteiger partial charge on any atom is 0.318 e. The Bertz CT molecular complexity index is 3030. The molecule has 6 amide bonds. The van der Waals surface area contributed by atoms with Gasteiger partial charge in [0.15, 0.2) is 11.5 Å². The van der Waals surface area contributed by atoms with Crippen molar-refractivity contribution < 1.29 is 29.4 Å². The number of nitrogens with one attached hydrogen (secondary N) is 7. The van der Waals surface area contributed by atoms with Crippen LogP contribution in [0.5, 0.6) is 11.5 Å². The summed E-state index contributed by atoms with van der Waals surface area (Å²) in [6.45, 7) is 0. The Balaban J connectivity index is 0.946. The summed E-state index contributed by atoms with van der Waals surface area (Å²) < 4.78 is 0. The molecule has 0 saturated carbocycles. The predicted octanol–water partition coefficient (Wildman–Crippen LogP) is 12.0. The lowest BCUT2D eigenvalue weighted by molar-refractivity contribution is 0.101. The zero-order chi connectivity index (χ0) is 46.9. The van der Waals surface area contributed by atoms with Gasteiger partial charge >= 0.3 is 12.1 Å². The van der Waals surface area contributed by atoms with Gasteiger partial charge in [-0.3, -0.25) is 9.59 Å². The summed E-state index contributed by atoms with van der Waals surface area (Å²) in [7, 11) is 2.99. The molecule has 0 fully saturated rings. The number of urea groups is 2. The highest BCUT2D eigenvalue weighted by atomic mass is 16.3. The van der Waals surface area contributed by atoms with Crippen LogP contribution in [0.1, 0.15) is 20.7 Å². The fourth-order valence-electron chi connectivity index (χ4n) is 6.92. The second kappa shape index (κ2) is 19.8. The number of phenols is 2. The molecule has 0 aliphatic carbocycles. The van der Waals surface area contributed by atoms with Crippen LogP contribution in [-0.2, 0) is 0 Å². The minimum absolute atomic E-state index is 0.0108. The highest BCUT2D eigenvalue weighted by Gasteiger charge is 2.21.